The van der Waals surface area contributed by atoms with E-state index in [1.165, 1.54) is 5.56 Å². The van der Waals surface area contributed by atoms with E-state index in [-0.39, 0.29) is 5.92 Å². The molecule has 1 heterocycles. The maximum atomic E-state index is 5.44. The zero-order chi connectivity index (χ0) is 13.7. The van der Waals surface area contributed by atoms with Crippen LogP contribution in [0.5, 0.6) is 0 Å². The predicted molar refractivity (Wildman–Crippen MR) is 82.9 cm³/mol. The molecule has 1 atom stereocenters. The maximum Gasteiger partial charge on any atom is 0.0991 e. The minimum Gasteiger partial charge on any atom is -0.382 e. The molecule has 3 nitrogen and oxygen atoms in total. The van der Waals surface area contributed by atoms with E-state index < -0.39 is 0 Å². The molecule has 0 radical (unpaired) electrons. The number of nitrogens with zero attached hydrogens (tertiary/aromatic N) is 2. The van der Waals surface area contributed by atoms with Crippen molar-refractivity contribution >= 4 is 17.2 Å². The van der Waals surface area contributed by atoms with E-state index in [2.05, 4.69) is 41.5 Å². The lowest BCUT2D eigenvalue weighted by Gasteiger charge is -2.18. The lowest BCUT2D eigenvalue weighted by Crippen LogP contribution is -2.23. The van der Waals surface area contributed by atoms with Gasteiger partial charge in [-0.3, -0.25) is 0 Å². The number of rotatable bonds is 5. The third-order valence-electron chi connectivity index (χ3n) is 3.22. The Hall–Kier alpha value is -1.68. The number of nitrogens with one attached hydrogen (secondary N) is 1. The smallest absolute Gasteiger partial charge is 0.0991 e. The molecule has 0 amide bonds. The van der Waals surface area contributed by atoms with Crippen molar-refractivity contribution in [3.8, 4) is 5.69 Å². The van der Waals surface area contributed by atoms with Gasteiger partial charge >= 0.3 is 0 Å². The highest BCUT2D eigenvalue weighted by atomic mass is 32.1. The summed E-state index contributed by atoms with van der Waals surface area (Å²) < 4.78 is 2.01. The number of hydrogen-bond acceptors (Lipinski definition) is 2. The summed E-state index contributed by atoms with van der Waals surface area (Å²) in [6.07, 6.45) is 7.72. The van der Waals surface area contributed by atoms with Gasteiger partial charge in [-0.05, 0) is 24.1 Å². The lowest BCUT2D eigenvalue weighted by molar-refractivity contribution is 0.736. The van der Waals surface area contributed by atoms with Gasteiger partial charge in [-0.15, -0.1) is 0 Å². The lowest BCUT2D eigenvalue weighted by atomic mass is 9.94. The summed E-state index contributed by atoms with van der Waals surface area (Å²) in [6, 6.07) is 8.48. The van der Waals surface area contributed by atoms with Gasteiger partial charge in [0.25, 0.3) is 0 Å². The minimum absolute atomic E-state index is 0.286. The summed E-state index contributed by atoms with van der Waals surface area (Å²) >= 11 is 5.44. The second kappa shape index (κ2) is 6.48. The topological polar surface area (TPSA) is 29.9 Å². The Balaban J connectivity index is 2.33. The standard InChI is InChI=1S/C15H19N3S/c1-3-5-14(15(19)16-2)12-6-4-7-13(10-12)18-9-8-17-11-18/h4,6-11,14H,3,5H2,1-2H3,(H,16,19). The fourth-order valence-electron chi connectivity index (χ4n) is 2.23. The van der Waals surface area contributed by atoms with E-state index in [1.54, 1.807) is 6.20 Å². The summed E-state index contributed by atoms with van der Waals surface area (Å²) in [6.45, 7) is 2.19. The van der Waals surface area contributed by atoms with Crippen molar-refractivity contribution in [2.24, 2.45) is 0 Å². The van der Waals surface area contributed by atoms with Gasteiger partial charge < -0.3 is 9.88 Å². The first-order chi connectivity index (χ1) is 9.26. The molecule has 0 bridgehead atoms. The highest BCUT2D eigenvalue weighted by Crippen LogP contribution is 2.24. The first-order valence-electron chi connectivity index (χ1n) is 6.56. The van der Waals surface area contributed by atoms with Crippen molar-refractivity contribution in [2.45, 2.75) is 25.7 Å². The van der Waals surface area contributed by atoms with Crippen molar-refractivity contribution in [1.29, 1.82) is 0 Å². The maximum absolute atomic E-state index is 5.44. The molecule has 0 fully saturated rings. The zero-order valence-electron chi connectivity index (χ0n) is 11.3. The molecule has 19 heavy (non-hydrogen) atoms. The van der Waals surface area contributed by atoms with Gasteiger partial charge in [0.05, 0.1) is 11.3 Å². The number of aromatic nitrogens is 2. The summed E-state index contributed by atoms with van der Waals surface area (Å²) in [4.78, 5) is 4.99. The van der Waals surface area contributed by atoms with Crippen molar-refractivity contribution < 1.29 is 0 Å². The summed E-state index contributed by atoms with van der Waals surface area (Å²) in [7, 11) is 1.89. The van der Waals surface area contributed by atoms with E-state index in [1.807, 2.05) is 24.1 Å². The first kappa shape index (κ1) is 13.7. The number of thiocarbonyl (C=S) groups is 1. The Labute approximate surface area is 119 Å². The molecule has 0 saturated heterocycles. The fourth-order valence-corrected chi connectivity index (χ4v) is 2.48. The molecule has 0 aliphatic carbocycles. The SMILES string of the molecule is CCCC(C(=S)NC)c1cccc(-n2ccnc2)c1. The first-order valence-corrected chi connectivity index (χ1v) is 6.97. The van der Waals surface area contributed by atoms with E-state index in [9.17, 15) is 0 Å². The fraction of sp³-hybridized carbons (Fsp3) is 0.333. The Bertz CT molecular complexity index is 534. The normalized spacial score (nSPS) is 12.1. The third-order valence-corrected chi connectivity index (χ3v) is 3.70. The van der Waals surface area contributed by atoms with Gasteiger partial charge in [-0.2, -0.15) is 0 Å². The molecule has 1 N–H and O–H groups in total. The van der Waals surface area contributed by atoms with Crippen LogP contribution in [0.1, 0.15) is 31.2 Å². The molecule has 1 unspecified atom stereocenters. The van der Waals surface area contributed by atoms with Crippen LogP contribution in [0.15, 0.2) is 43.0 Å². The number of likely N-dealkylation sites (N-methyl/N-ethyl adjacent to an activating group) is 1. The Morgan fingerprint density at radius 3 is 2.95 bits per heavy atom. The molecule has 4 heteroatoms. The predicted octanol–water partition coefficient (Wildman–Crippen LogP) is 3.30. The van der Waals surface area contributed by atoms with Crippen LogP contribution < -0.4 is 5.32 Å². The van der Waals surface area contributed by atoms with Crippen LogP contribution in [0, 0.1) is 0 Å². The van der Waals surface area contributed by atoms with Crippen LogP contribution in [-0.2, 0) is 0 Å². The molecule has 0 aliphatic heterocycles. The minimum atomic E-state index is 0.286. The highest BCUT2D eigenvalue weighted by molar-refractivity contribution is 7.80. The Morgan fingerprint density at radius 2 is 2.32 bits per heavy atom. The van der Waals surface area contributed by atoms with Crippen molar-refractivity contribution in [3.63, 3.8) is 0 Å². The summed E-state index contributed by atoms with van der Waals surface area (Å²) in [5.74, 6) is 0.286. The van der Waals surface area contributed by atoms with Crippen LogP contribution >= 0.6 is 12.2 Å². The molecule has 100 valence electrons. The summed E-state index contributed by atoms with van der Waals surface area (Å²) in [5.41, 5.74) is 2.38. The van der Waals surface area contributed by atoms with Gasteiger partial charge in [0.1, 0.15) is 0 Å². The Kier molecular flexibility index (Phi) is 4.68. The van der Waals surface area contributed by atoms with Crippen LogP contribution in [0.4, 0.5) is 0 Å². The molecule has 2 aromatic rings. The molecule has 0 saturated carbocycles. The zero-order valence-corrected chi connectivity index (χ0v) is 12.2. The molecule has 0 spiro atoms. The monoisotopic (exact) mass is 273 g/mol. The van der Waals surface area contributed by atoms with Crippen LogP contribution in [-0.4, -0.2) is 21.6 Å². The molecule has 1 aromatic heterocycles. The van der Waals surface area contributed by atoms with Gasteiger partial charge in [-0.25, -0.2) is 4.98 Å². The van der Waals surface area contributed by atoms with E-state index in [4.69, 9.17) is 12.2 Å². The number of hydrogen-bond donors (Lipinski definition) is 1. The van der Waals surface area contributed by atoms with Gasteiger partial charge in [0, 0.05) is 31.0 Å². The molecular weight excluding hydrogens is 254 g/mol. The van der Waals surface area contributed by atoms with E-state index >= 15 is 0 Å². The van der Waals surface area contributed by atoms with Gasteiger partial charge in [0.15, 0.2) is 0 Å². The van der Waals surface area contributed by atoms with Crippen molar-refractivity contribution in [1.82, 2.24) is 14.9 Å². The van der Waals surface area contributed by atoms with Gasteiger partial charge in [0.2, 0.25) is 0 Å². The largest absolute Gasteiger partial charge is 0.382 e. The third kappa shape index (κ3) is 3.20. The molecule has 2 rings (SSSR count). The Morgan fingerprint density at radius 1 is 1.47 bits per heavy atom. The second-order valence-corrected chi connectivity index (χ2v) is 4.96. The number of benzene rings is 1. The molecule has 0 aliphatic rings. The average molecular weight is 273 g/mol. The quantitative estimate of drug-likeness (QED) is 0.848. The van der Waals surface area contributed by atoms with Crippen LogP contribution in [0.2, 0.25) is 0 Å². The van der Waals surface area contributed by atoms with E-state index in [0.717, 1.165) is 23.5 Å². The van der Waals surface area contributed by atoms with Crippen molar-refractivity contribution in [2.75, 3.05) is 7.05 Å². The second-order valence-electron chi connectivity index (χ2n) is 4.52. The van der Waals surface area contributed by atoms with Crippen LogP contribution in [0.25, 0.3) is 5.69 Å². The van der Waals surface area contributed by atoms with Gasteiger partial charge in [-0.1, -0.05) is 37.7 Å². The highest BCUT2D eigenvalue weighted by Gasteiger charge is 2.15. The average Bonchev–Trinajstić information content (AvgIpc) is 2.98. The summed E-state index contributed by atoms with van der Waals surface area (Å²) in [5, 5.41) is 3.11. The van der Waals surface area contributed by atoms with Crippen LogP contribution in [0.3, 0.4) is 0 Å². The van der Waals surface area contributed by atoms with Crippen molar-refractivity contribution in [3.05, 3.63) is 48.5 Å². The molecular formula is C15H19N3S. The van der Waals surface area contributed by atoms with E-state index in [0.29, 0.717) is 0 Å². The number of imidazole rings is 1. The molecule has 1 aromatic carbocycles.